The summed E-state index contributed by atoms with van der Waals surface area (Å²) in [5.74, 6) is 1.00. The van der Waals surface area contributed by atoms with E-state index in [0.717, 1.165) is 19.3 Å². The highest BCUT2D eigenvalue weighted by Gasteiger charge is 2.24. The van der Waals surface area contributed by atoms with Crippen LogP contribution in [0.5, 0.6) is 0 Å². The largest absolute Gasteiger partial charge is 0.373 e. The molecular weight excluding hydrogens is 276 g/mol. The van der Waals surface area contributed by atoms with Gasteiger partial charge in [-0.2, -0.15) is 11.8 Å². The molecule has 1 heterocycles. The predicted octanol–water partition coefficient (Wildman–Crippen LogP) is 3.12. The van der Waals surface area contributed by atoms with E-state index in [1.165, 1.54) is 12.5 Å². The first-order valence-corrected chi connectivity index (χ1v) is 8.05. The molecule has 1 saturated carbocycles. The maximum Gasteiger partial charge on any atom is 0.311 e. The Bertz CT molecular complexity index is 483. The molecular formula is C13H20N4O2S. The number of nitrogens with zero attached hydrogens (tertiary/aromatic N) is 2. The molecule has 1 fully saturated rings. The van der Waals surface area contributed by atoms with Gasteiger partial charge in [-0.1, -0.05) is 6.42 Å². The molecule has 1 aliphatic rings. The number of aromatic nitrogens is 1. The van der Waals surface area contributed by atoms with Crippen LogP contribution in [0.1, 0.15) is 25.7 Å². The van der Waals surface area contributed by atoms with E-state index in [1.807, 2.05) is 11.8 Å². The number of nitro groups is 1. The van der Waals surface area contributed by atoms with Gasteiger partial charge in [0, 0.05) is 24.4 Å². The minimum atomic E-state index is -0.385. The zero-order valence-corrected chi connectivity index (χ0v) is 12.6. The van der Waals surface area contributed by atoms with Gasteiger partial charge in [-0.3, -0.25) is 10.1 Å². The van der Waals surface area contributed by atoms with Crippen LogP contribution in [0.3, 0.4) is 0 Å². The summed E-state index contributed by atoms with van der Waals surface area (Å²) in [6, 6.07) is 3.38. The maximum absolute atomic E-state index is 11.1. The molecule has 0 spiro atoms. The molecule has 0 radical (unpaired) electrons. The molecule has 1 aromatic heterocycles. The average molecular weight is 296 g/mol. The van der Waals surface area contributed by atoms with Gasteiger partial charge in [0.2, 0.25) is 5.82 Å². The van der Waals surface area contributed by atoms with Crippen molar-refractivity contribution in [2.45, 2.75) is 37.0 Å². The van der Waals surface area contributed by atoms with Crippen LogP contribution in [0.4, 0.5) is 17.3 Å². The molecule has 6 nitrogen and oxygen atoms in total. The maximum atomic E-state index is 11.1. The van der Waals surface area contributed by atoms with Crippen LogP contribution < -0.4 is 10.6 Å². The lowest BCUT2D eigenvalue weighted by atomic mass is 9.95. The van der Waals surface area contributed by atoms with Crippen LogP contribution >= 0.6 is 11.8 Å². The Hall–Kier alpha value is -1.50. The van der Waals surface area contributed by atoms with E-state index in [2.05, 4.69) is 21.9 Å². The number of pyridine rings is 1. The molecule has 2 rings (SSSR count). The van der Waals surface area contributed by atoms with Gasteiger partial charge >= 0.3 is 5.69 Å². The smallest absolute Gasteiger partial charge is 0.311 e. The summed E-state index contributed by atoms with van der Waals surface area (Å²) in [5, 5.41) is 17.9. The van der Waals surface area contributed by atoms with E-state index >= 15 is 0 Å². The third-order valence-electron chi connectivity index (χ3n) is 3.63. The second kappa shape index (κ2) is 6.78. The summed E-state index contributed by atoms with van der Waals surface area (Å²) in [4.78, 5) is 15.0. The molecule has 0 amide bonds. The van der Waals surface area contributed by atoms with E-state index in [-0.39, 0.29) is 16.7 Å². The second-order valence-corrected chi connectivity index (χ2v) is 6.07. The Balaban J connectivity index is 2.16. The van der Waals surface area contributed by atoms with Gasteiger partial charge in [-0.25, -0.2) is 4.98 Å². The van der Waals surface area contributed by atoms with Crippen molar-refractivity contribution in [1.29, 1.82) is 0 Å². The minimum Gasteiger partial charge on any atom is -0.373 e. The Morgan fingerprint density at radius 1 is 1.45 bits per heavy atom. The third-order valence-corrected chi connectivity index (χ3v) is 4.72. The topological polar surface area (TPSA) is 80.1 Å². The molecule has 0 bridgehead atoms. The summed E-state index contributed by atoms with van der Waals surface area (Å²) in [6.07, 6.45) is 6.58. The summed E-state index contributed by atoms with van der Waals surface area (Å²) in [5.41, 5.74) is 0.0373. The van der Waals surface area contributed by atoms with E-state index in [9.17, 15) is 10.1 Å². The highest BCUT2D eigenvalue weighted by molar-refractivity contribution is 7.99. The fourth-order valence-electron chi connectivity index (χ4n) is 2.53. The second-order valence-electron chi connectivity index (χ2n) is 4.94. The van der Waals surface area contributed by atoms with Crippen LogP contribution in [0.15, 0.2) is 12.1 Å². The van der Waals surface area contributed by atoms with Crippen molar-refractivity contribution in [1.82, 2.24) is 4.98 Å². The van der Waals surface area contributed by atoms with Crippen molar-refractivity contribution in [2.75, 3.05) is 23.9 Å². The van der Waals surface area contributed by atoms with Crippen LogP contribution in [-0.4, -0.2) is 34.5 Å². The molecule has 110 valence electrons. The number of nitrogens with one attached hydrogen (secondary N) is 2. The first-order chi connectivity index (χ1) is 9.63. The van der Waals surface area contributed by atoms with E-state index in [1.54, 1.807) is 13.1 Å². The summed E-state index contributed by atoms with van der Waals surface area (Å²) >= 11 is 1.87. The van der Waals surface area contributed by atoms with E-state index < -0.39 is 0 Å². The number of hydrogen-bond donors (Lipinski definition) is 2. The molecule has 20 heavy (non-hydrogen) atoms. The molecule has 0 saturated heterocycles. The lowest BCUT2D eigenvalue weighted by molar-refractivity contribution is -0.384. The highest BCUT2D eigenvalue weighted by Crippen LogP contribution is 2.31. The van der Waals surface area contributed by atoms with Gasteiger partial charge < -0.3 is 10.6 Å². The lowest BCUT2D eigenvalue weighted by Gasteiger charge is -2.28. The predicted molar refractivity (Wildman–Crippen MR) is 83.6 cm³/mol. The molecule has 2 unspecified atom stereocenters. The van der Waals surface area contributed by atoms with Crippen molar-refractivity contribution in [3.05, 3.63) is 22.2 Å². The third kappa shape index (κ3) is 3.53. The zero-order chi connectivity index (χ0) is 14.5. The number of hydrogen-bond acceptors (Lipinski definition) is 6. The van der Waals surface area contributed by atoms with Gasteiger partial charge in [0.25, 0.3) is 0 Å². The zero-order valence-electron chi connectivity index (χ0n) is 11.8. The molecule has 0 aromatic carbocycles. The van der Waals surface area contributed by atoms with Crippen molar-refractivity contribution in [2.24, 2.45) is 0 Å². The molecule has 2 N–H and O–H groups in total. The monoisotopic (exact) mass is 296 g/mol. The highest BCUT2D eigenvalue weighted by atomic mass is 32.2. The molecule has 0 aliphatic heterocycles. The Labute approximate surface area is 122 Å². The molecule has 2 atom stereocenters. The summed E-state index contributed by atoms with van der Waals surface area (Å²) in [6.45, 7) is 0. The fourth-order valence-corrected chi connectivity index (χ4v) is 3.36. The van der Waals surface area contributed by atoms with E-state index in [4.69, 9.17) is 0 Å². The number of thioether (sulfide) groups is 1. The lowest BCUT2D eigenvalue weighted by Crippen LogP contribution is -2.29. The number of anilines is 2. The standard InChI is InChI=1S/C13H20N4O2S/c1-14-12-7-6-11(17(18)19)13(16-12)15-9-4-3-5-10(8-9)20-2/h6-7,9-10H,3-5,8H2,1-2H3,(H2,14,15,16). The van der Waals surface area contributed by atoms with Gasteiger partial charge in [0.05, 0.1) is 4.92 Å². The average Bonchev–Trinajstić information content (AvgIpc) is 2.47. The Morgan fingerprint density at radius 2 is 2.25 bits per heavy atom. The van der Waals surface area contributed by atoms with Crippen molar-refractivity contribution in [3.8, 4) is 0 Å². The Morgan fingerprint density at radius 3 is 2.90 bits per heavy atom. The normalized spacial score (nSPS) is 22.3. The first-order valence-electron chi connectivity index (χ1n) is 6.76. The SMILES string of the molecule is CNc1ccc([N+](=O)[O-])c(NC2CCCC(SC)C2)n1. The van der Waals surface area contributed by atoms with Crippen LogP contribution in [0, 0.1) is 10.1 Å². The molecule has 1 aliphatic carbocycles. The fraction of sp³-hybridized carbons (Fsp3) is 0.615. The van der Waals surface area contributed by atoms with Gasteiger partial charge in [0.1, 0.15) is 5.82 Å². The summed E-state index contributed by atoms with van der Waals surface area (Å²) in [7, 11) is 1.75. The quantitative estimate of drug-likeness (QED) is 0.642. The van der Waals surface area contributed by atoms with E-state index in [0.29, 0.717) is 16.9 Å². The first kappa shape index (κ1) is 14.9. The molecule has 1 aromatic rings. The van der Waals surface area contributed by atoms with Crippen molar-refractivity contribution in [3.63, 3.8) is 0 Å². The van der Waals surface area contributed by atoms with Gasteiger partial charge in [-0.15, -0.1) is 0 Å². The Kier molecular flexibility index (Phi) is 5.05. The minimum absolute atomic E-state index is 0.0373. The summed E-state index contributed by atoms with van der Waals surface area (Å²) < 4.78 is 0. The van der Waals surface area contributed by atoms with Crippen LogP contribution in [0.25, 0.3) is 0 Å². The van der Waals surface area contributed by atoms with Crippen molar-refractivity contribution >= 4 is 29.1 Å². The van der Waals surface area contributed by atoms with Gasteiger partial charge in [-0.05, 0) is 31.6 Å². The van der Waals surface area contributed by atoms with Gasteiger partial charge in [0.15, 0.2) is 0 Å². The molecule has 7 heteroatoms. The van der Waals surface area contributed by atoms with Crippen molar-refractivity contribution < 1.29 is 4.92 Å². The van der Waals surface area contributed by atoms with Crippen LogP contribution in [-0.2, 0) is 0 Å². The number of rotatable bonds is 5. The van der Waals surface area contributed by atoms with Crippen LogP contribution in [0.2, 0.25) is 0 Å².